The number of nitrogens with one attached hydrogen (secondary N) is 1. The number of carboxylic acid groups (broad SMARTS) is 1. The van der Waals surface area contributed by atoms with Crippen molar-refractivity contribution >= 4 is 23.0 Å². The molecule has 21 heavy (non-hydrogen) atoms. The maximum absolute atomic E-state index is 12.0. The molecule has 4 N–H and O–H groups in total. The number of aromatic carboxylic acids is 1. The van der Waals surface area contributed by atoms with Gasteiger partial charge in [0.25, 0.3) is 0 Å². The highest BCUT2D eigenvalue weighted by Gasteiger charge is 2.08. The molecule has 2 aromatic carbocycles. The van der Waals surface area contributed by atoms with Crippen LogP contribution >= 0.6 is 0 Å². The van der Waals surface area contributed by atoms with Gasteiger partial charge in [-0.1, -0.05) is 0 Å². The molecule has 0 bridgehead atoms. The molecule has 0 fully saturated rings. The smallest absolute Gasteiger partial charge is 0.387 e. The molecule has 0 heterocycles. The number of hydrogen-bond donors (Lipinski definition) is 3. The van der Waals surface area contributed by atoms with Crippen LogP contribution < -0.4 is 15.8 Å². The van der Waals surface area contributed by atoms with E-state index >= 15 is 0 Å². The molecule has 2 aromatic rings. The zero-order chi connectivity index (χ0) is 15.4. The topological polar surface area (TPSA) is 84.6 Å². The Morgan fingerprint density at radius 3 is 2.29 bits per heavy atom. The average Bonchev–Trinajstić information content (AvgIpc) is 2.40. The number of halogens is 2. The summed E-state index contributed by atoms with van der Waals surface area (Å²) in [5.74, 6) is -1.05. The Bertz CT molecular complexity index is 645. The third-order valence-electron chi connectivity index (χ3n) is 2.65. The van der Waals surface area contributed by atoms with Gasteiger partial charge in [-0.3, -0.25) is 0 Å². The number of benzene rings is 2. The number of carboxylic acids is 1. The molecule has 0 unspecified atom stereocenters. The molecule has 0 radical (unpaired) electrons. The van der Waals surface area contributed by atoms with Gasteiger partial charge in [-0.2, -0.15) is 8.78 Å². The predicted octanol–water partition coefficient (Wildman–Crippen LogP) is 3.31. The first-order valence-electron chi connectivity index (χ1n) is 5.90. The Kier molecular flexibility index (Phi) is 4.22. The number of rotatable bonds is 5. The van der Waals surface area contributed by atoms with Crippen LogP contribution in [-0.4, -0.2) is 17.7 Å². The van der Waals surface area contributed by atoms with E-state index in [0.717, 1.165) is 0 Å². The van der Waals surface area contributed by atoms with Gasteiger partial charge in [-0.15, -0.1) is 0 Å². The molecule has 7 heteroatoms. The summed E-state index contributed by atoms with van der Waals surface area (Å²) in [5, 5.41) is 11.8. The summed E-state index contributed by atoms with van der Waals surface area (Å²) in [6, 6.07) is 10.3. The zero-order valence-electron chi connectivity index (χ0n) is 10.7. The zero-order valence-corrected chi connectivity index (χ0v) is 10.7. The molecule has 110 valence electrons. The molecule has 0 saturated heterocycles. The summed E-state index contributed by atoms with van der Waals surface area (Å²) in [4.78, 5) is 10.8. The fraction of sp³-hybridized carbons (Fsp3) is 0.0714. The maximum Gasteiger partial charge on any atom is 0.387 e. The first kappa shape index (κ1) is 14.6. The first-order valence-corrected chi connectivity index (χ1v) is 5.90. The van der Waals surface area contributed by atoms with Gasteiger partial charge < -0.3 is 20.9 Å². The molecular weight excluding hydrogens is 282 g/mol. The highest BCUT2D eigenvalue weighted by atomic mass is 19.3. The molecule has 0 spiro atoms. The van der Waals surface area contributed by atoms with Gasteiger partial charge >= 0.3 is 12.6 Å². The Labute approximate surface area is 119 Å². The van der Waals surface area contributed by atoms with Crippen LogP contribution in [-0.2, 0) is 0 Å². The van der Waals surface area contributed by atoms with E-state index in [1.807, 2.05) is 0 Å². The second-order valence-electron chi connectivity index (χ2n) is 4.14. The van der Waals surface area contributed by atoms with Crippen molar-refractivity contribution in [3.8, 4) is 5.75 Å². The van der Waals surface area contributed by atoms with Crippen LogP contribution in [0.4, 0.5) is 25.8 Å². The minimum absolute atomic E-state index is 0.0150. The molecular formula is C14H12F2N2O3. The van der Waals surface area contributed by atoms with Gasteiger partial charge in [0, 0.05) is 17.1 Å². The van der Waals surface area contributed by atoms with Crippen molar-refractivity contribution in [2.24, 2.45) is 0 Å². The van der Waals surface area contributed by atoms with Crippen LogP contribution in [0.3, 0.4) is 0 Å². The lowest BCUT2D eigenvalue weighted by Crippen LogP contribution is -2.03. The van der Waals surface area contributed by atoms with Crippen LogP contribution in [0, 0.1) is 0 Å². The number of ether oxygens (including phenoxy) is 1. The third-order valence-corrected chi connectivity index (χ3v) is 2.65. The number of alkyl halides is 2. The monoisotopic (exact) mass is 294 g/mol. The number of hydrogen-bond acceptors (Lipinski definition) is 4. The largest absolute Gasteiger partial charge is 0.478 e. The summed E-state index contributed by atoms with van der Waals surface area (Å²) in [6.07, 6.45) is 0. The molecule has 0 aliphatic heterocycles. The summed E-state index contributed by atoms with van der Waals surface area (Å²) in [6.45, 7) is -2.87. The lowest BCUT2D eigenvalue weighted by molar-refractivity contribution is -0.0498. The van der Waals surface area contributed by atoms with Crippen molar-refractivity contribution in [3.05, 3.63) is 48.0 Å². The Hall–Kier alpha value is -2.83. The van der Waals surface area contributed by atoms with Crippen molar-refractivity contribution in [3.63, 3.8) is 0 Å². The Morgan fingerprint density at radius 1 is 1.14 bits per heavy atom. The first-order chi connectivity index (χ1) is 9.95. The predicted molar refractivity (Wildman–Crippen MR) is 74.2 cm³/mol. The molecule has 0 atom stereocenters. The molecule has 0 amide bonds. The SMILES string of the molecule is Nc1cc(Nc2ccc(OC(F)F)cc2)ccc1C(=O)O. The number of anilines is 3. The van der Waals surface area contributed by atoms with E-state index in [1.165, 1.54) is 24.3 Å². The minimum atomic E-state index is -2.87. The molecule has 0 aromatic heterocycles. The quantitative estimate of drug-likeness (QED) is 0.737. The van der Waals surface area contributed by atoms with Gasteiger partial charge in [0.15, 0.2) is 0 Å². The third kappa shape index (κ3) is 3.82. The van der Waals surface area contributed by atoms with E-state index in [1.54, 1.807) is 18.2 Å². The number of carbonyl (C=O) groups is 1. The number of nitrogens with two attached hydrogens (primary N) is 1. The summed E-state index contributed by atoms with van der Waals surface area (Å²) >= 11 is 0. The van der Waals surface area contributed by atoms with Crippen LogP contribution in [0.1, 0.15) is 10.4 Å². The van der Waals surface area contributed by atoms with Gasteiger partial charge in [-0.25, -0.2) is 4.79 Å². The molecule has 2 rings (SSSR count). The fourth-order valence-electron chi connectivity index (χ4n) is 1.72. The summed E-state index contributed by atoms with van der Waals surface area (Å²) < 4.78 is 28.3. The van der Waals surface area contributed by atoms with Gasteiger partial charge in [0.2, 0.25) is 0 Å². The molecule has 5 nitrogen and oxygen atoms in total. The van der Waals surface area contributed by atoms with E-state index in [2.05, 4.69) is 10.1 Å². The van der Waals surface area contributed by atoms with Crippen LogP contribution in [0.25, 0.3) is 0 Å². The highest BCUT2D eigenvalue weighted by Crippen LogP contribution is 2.24. The van der Waals surface area contributed by atoms with Gasteiger partial charge in [0.1, 0.15) is 5.75 Å². The molecule has 0 saturated carbocycles. The minimum Gasteiger partial charge on any atom is -0.478 e. The van der Waals surface area contributed by atoms with E-state index in [4.69, 9.17) is 10.8 Å². The van der Waals surface area contributed by atoms with Crippen LogP contribution in [0.15, 0.2) is 42.5 Å². The second-order valence-corrected chi connectivity index (χ2v) is 4.14. The van der Waals surface area contributed by atoms with Crippen molar-refractivity contribution in [2.45, 2.75) is 6.61 Å². The Balaban J connectivity index is 2.11. The summed E-state index contributed by atoms with van der Waals surface area (Å²) in [7, 11) is 0. The van der Waals surface area contributed by atoms with E-state index < -0.39 is 12.6 Å². The van der Waals surface area contributed by atoms with Crippen molar-refractivity contribution in [2.75, 3.05) is 11.1 Å². The van der Waals surface area contributed by atoms with E-state index in [-0.39, 0.29) is 17.0 Å². The van der Waals surface area contributed by atoms with Crippen molar-refractivity contribution in [1.29, 1.82) is 0 Å². The van der Waals surface area contributed by atoms with Crippen LogP contribution in [0.2, 0.25) is 0 Å². The second kappa shape index (κ2) is 6.08. The highest BCUT2D eigenvalue weighted by molar-refractivity contribution is 5.94. The van der Waals surface area contributed by atoms with Gasteiger partial charge in [-0.05, 0) is 42.5 Å². The maximum atomic E-state index is 12.0. The lowest BCUT2D eigenvalue weighted by atomic mass is 10.1. The van der Waals surface area contributed by atoms with Crippen molar-refractivity contribution in [1.82, 2.24) is 0 Å². The standard InChI is InChI=1S/C14H12F2N2O3/c15-14(16)21-10-4-1-8(2-5-10)18-9-3-6-11(13(19)20)12(17)7-9/h1-7,14,18H,17H2,(H,19,20). The molecule has 0 aliphatic carbocycles. The van der Waals surface area contributed by atoms with E-state index in [0.29, 0.717) is 11.4 Å². The van der Waals surface area contributed by atoms with Crippen molar-refractivity contribution < 1.29 is 23.4 Å². The lowest BCUT2D eigenvalue weighted by Gasteiger charge is -2.10. The number of nitrogen functional groups attached to an aromatic ring is 1. The fourth-order valence-corrected chi connectivity index (χ4v) is 1.72. The van der Waals surface area contributed by atoms with Crippen LogP contribution in [0.5, 0.6) is 5.75 Å². The van der Waals surface area contributed by atoms with E-state index in [9.17, 15) is 13.6 Å². The summed E-state index contributed by atoms with van der Waals surface area (Å²) in [5.41, 5.74) is 6.98. The van der Waals surface area contributed by atoms with Gasteiger partial charge in [0.05, 0.1) is 5.56 Å². The Morgan fingerprint density at radius 2 is 1.76 bits per heavy atom. The molecule has 0 aliphatic rings. The average molecular weight is 294 g/mol. The normalized spacial score (nSPS) is 10.4.